The van der Waals surface area contributed by atoms with Crippen LogP contribution in [-0.2, 0) is 10.0 Å². The van der Waals surface area contributed by atoms with Crippen molar-refractivity contribution >= 4 is 15.9 Å². The van der Waals surface area contributed by atoms with Crippen LogP contribution in [0.3, 0.4) is 0 Å². The summed E-state index contributed by atoms with van der Waals surface area (Å²) in [6, 6.07) is 8.02. The molecule has 0 saturated carbocycles. The van der Waals surface area contributed by atoms with Crippen LogP contribution in [0.1, 0.15) is 43.7 Å². The van der Waals surface area contributed by atoms with E-state index < -0.39 is 10.0 Å². The quantitative estimate of drug-likeness (QED) is 0.736. The fourth-order valence-electron chi connectivity index (χ4n) is 4.11. The lowest BCUT2D eigenvalue weighted by atomic mass is 10.0. The van der Waals surface area contributed by atoms with E-state index >= 15 is 0 Å². The van der Waals surface area contributed by atoms with Crippen molar-refractivity contribution in [2.45, 2.75) is 50.2 Å². The van der Waals surface area contributed by atoms with Crippen LogP contribution < -0.4 is 4.74 Å². The van der Waals surface area contributed by atoms with Crippen molar-refractivity contribution in [2.24, 2.45) is 5.92 Å². The summed E-state index contributed by atoms with van der Waals surface area (Å²) in [7, 11) is -3.71. The Balaban J connectivity index is 1.66. The van der Waals surface area contributed by atoms with Gasteiger partial charge in [0.1, 0.15) is 16.7 Å². The maximum absolute atomic E-state index is 13.5. The zero-order valence-electron chi connectivity index (χ0n) is 17.2. The van der Waals surface area contributed by atoms with Crippen LogP contribution in [0.15, 0.2) is 45.9 Å². The molecule has 0 radical (unpaired) electrons. The van der Waals surface area contributed by atoms with E-state index in [1.807, 2.05) is 0 Å². The highest BCUT2D eigenvalue weighted by atomic mass is 32.2. The lowest BCUT2D eigenvalue weighted by molar-refractivity contribution is 0.0713. The number of amides is 1. The normalized spacial score (nSPS) is 23.8. The molecule has 2 aromatic rings. The monoisotopic (exact) mass is 433 g/mol. The zero-order chi connectivity index (χ0) is 21.3. The molecule has 2 aliphatic heterocycles. The maximum atomic E-state index is 13.5. The van der Waals surface area contributed by atoms with Crippen molar-refractivity contribution in [3.8, 4) is 5.75 Å². The topological polar surface area (TPSA) is 92.9 Å². The van der Waals surface area contributed by atoms with Gasteiger partial charge in [0.25, 0.3) is 5.91 Å². The zero-order valence-corrected chi connectivity index (χ0v) is 18.0. The van der Waals surface area contributed by atoms with E-state index in [0.717, 1.165) is 6.42 Å². The van der Waals surface area contributed by atoms with Crippen LogP contribution in [0.2, 0.25) is 0 Å². The van der Waals surface area contributed by atoms with Crippen molar-refractivity contribution in [1.82, 2.24) is 14.4 Å². The standard InChI is InChI=1S/C21H27N3O5S/c1-15(2)8-14-24-16-9-12-23(21(25)19-7-11-22-29-19)13-10-17(16)28-18-5-3-4-6-20(18)30(24,26)27/h3-7,11,15-17H,8-10,12-14H2,1-2H3/t16-,17-/m1/s1. The molecule has 30 heavy (non-hydrogen) atoms. The van der Waals surface area contributed by atoms with E-state index in [2.05, 4.69) is 19.0 Å². The molecule has 1 saturated heterocycles. The molecule has 0 unspecified atom stereocenters. The molecule has 0 N–H and O–H groups in total. The average Bonchev–Trinajstić information content (AvgIpc) is 3.15. The third-order valence-corrected chi connectivity index (χ3v) is 7.72. The van der Waals surface area contributed by atoms with Crippen molar-refractivity contribution in [3.05, 3.63) is 42.3 Å². The van der Waals surface area contributed by atoms with Crippen molar-refractivity contribution in [3.63, 3.8) is 0 Å². The minimum atomic E-state index is -3.71. The van der Waals surface area contributed by atoms with Gasteiger partial charge in [0.2, 0.25) is 15.8 Å². The van der Waals surface area contributed by atoms with Gasteiger partial charge in [-0.1, -0.05) is 31.1 Å². The van der Waals surface area contributed by atoms with Gasteiger partial charge in [-0.3, -0.25) is 4.79 Å². The molecule has 9 heteroatoms. The highest BCUT2D eigenvalue weighted by Gasteiger charge is 2.43. The first-order valence-electron chi connectivity index (χ1n) is 10.4. The van der Waals surface area contributed by atoms with Gasteiger partial charge in [0.05, 0.1) is 12.2 Å². The highest BCUT2D eigenvalue weighted by molar-refractivity contribution is 7.89. The summed E-state index contributed by atoms with van der Waals surface area (Å²) < 4.78 is 40.0. The average molecular weight is 434 g/mol. The Hall–Kier alpha value is -2.39. The Morgan fingerprint density at radius 2 is 1.97 bits per heavy atom. The van der Waals surface area contributed by atoms with Gasteiger partial charge in [0, 0.05) is 32.1 Å². The molecule has 0 bridgehead atoms. The number of fused-ring (bicyclic) bond motifs is 2. The number of hydrogen-bond donors (Lipinski definition) is 0. The Bertz CT molecular complexity index is 990. The molecule has 3 heterocycles. The summed E-state index contributed by atoms with van der Waals surface area (Å²) in [4.78, 5) is 14.6. The first kappa shape index (κ1) is 20.9. The first-order valence-corrected chi connectivity index (χ1v) is 11.8. The maximum Gasteiger partial charge on any atom is 0.292 e. The first-order chi connectivity index (χ1) is 14.4. The molecule has 1 aromatic heterocycles. The Morgan fingerprint density at radius 3 is 2.70 bits per heavy atom. The summed E-state index contributed by atoms with van der Waals surface area (Å²) in [6.07, 6.45) is 2.89. The van der Waals surface area contributed by atoms with E-state index in [4.69, 9.17) is 9.26 Å². The lowest BCUT2D eigenvalue weighted by Gasteiger charge is -2.32. The molecule has 1 fully saturated rings. The second-order valence-electron chi connectivity index (χ2n) is 8.21. The number of sulfonamides is 1. The number of nitrogens with zero attached hydrogens (tertiary/aromatic N) is 3. The van der Waals surface area contributed by atoms with Gasteiger partial charge in [-0.25, -0.2) is 8.42 Å². The summed E-state index contributed by atoms with van der Waals surface area (Å²) in [5.41, 5.74) is 0. The fourth-order valence-corrected chi connectivity index (χ4v) is 5.93. The fraction of sp³-hybridized carbons (Fsp3) is 0.524. The van der Waals surface area contributed by atoms with E-state index in [0.29, 0.717) is 44.1 Å². The van der Waals surface area contributed by atoms with E-state index in [-0.39, 0.29) is 28.7 Å². The van der Waals surface area contributed by atoms with Crippen LogP contribution in [-0.4, -0.2) is 60.5 Å². The molecule has 162 valence electrons. The summed E-state index contributed by atoms with van der Waals surface area (Å²) in [5.74, 6) is 0.705. The predicted molar refractivity (Wildman–Crippen MR) is 110 cm³/mol. The SMILES string of the molecule is CC(C)CCN1[C@@H]2CCN(C(=O)c3ccno3)CC[C@H]2Oc2ccccc2S1(=O)=O. The molecule has 0 aliphatic carbocycles. The van der Waals surface area contributed by atoms with E-state index in [9.17, 15) is 13.2 Å². The summed E-state index contributed by atoms with van der Waals surface area (Å²) in [6.45, 7) is 5.47. The van der Waals surface area contributed by atoms with Gasteiger partial charge in [0.15, 0.2) is 0 Å². The van der Waals surface area contributed by atoms with Crippen molar-refractivity contribution < 1.29 is 22.5 Å². The van der Waals surface area contributed by atoms with Gasteiger partial charge < -0.3 is 14.2 Å². The van der Waals surface area contributed by atoms with Gasteiger partial charge >= 0.3 is 0 Å². The minimum absolute atomic E-state index is 0.188. The third-order valence-electron chi connectivity index (χ3n) is 5.75. The van der Waals surface area contributed by atoms with Crippen LogP contribution in [0.5, 0.6) is 5.75 Å². The summed E-state index contributed by atoms with van der Waals surface area (Å²) >= 11 is 0. The van der Waals surface area contributed by atoms with Crippen LogP contribution in [0.25, 0.3) is 0 Å². The molecule has 1 aromatic carbocycles. The molecule has 1 amide bonds. The number of carbonyl (C=O) groups is 1. The second kappa shape index (κ2) is 8.39. The molecule has 0 spiro atoms. The van der Waals surface area contributed by atoms with Crippen molar-refractivity contribution in [2.75, 3.05) is 19.6 Å². The Kier molecular flexibility index (Phi) is 5.84. The predicted octanol–water partition coefficient (Wildman–Crippen LogP) is 2.78. The lowest BCUT2D eigenvalue weighted by Crippen LogP contribution is -2.47. The second-order valence-corrected chi connectivity index (χ2v) is 10.1. The number of carbonyl (C=O) groups excluding carboxylic acids is 1. The van der Waals surface area contributed by atoms with Crippen LogP contribution >= 0.6 is 0 Å². The Labute approximate surface area is 176 Å². The smallest absolute Gasteiger partial charge is 0.292 e. The number of benzene rings is 1. The molecule has 4 rings (SSSR count). The number of para-hydroxylation sites is 1. The molecular weight excluding hydrogens is 406 g/mol. The molecule has 8 nitrogen and oxygen atoms in total. The van der Waals surface area contributed by atoms with Crippen LogP contribution in [0.4, 0.5) is 0 Å². The molecular formula is C21H27N3O5S. The largest absolute Gasteiger partial charge is 0.487 e. The Morgan fingerprint density at radius 1 is 1.20 bits per heavy atom. The highest BCUT2D eigenvalue weighted by Crippen LogP contribution is 2.36. The number of aromatic nitrogens is 1. The third kappa shape index (κ3) is 3.96. The summed E-state index contributed by atoms with van der Waals surface area (Å²) in [5, 5.41) is 3.61. The number of likely N-dealkylation sites (tertiary alicyclic amines) is 1. The van der Waals surface area contributed by atoms with E-state index in [1.54, 1.807) is 33.5 Å². The van der Waals surface area contributed by atoms with E-state index in [1.165, 1.54) is 12.3 Å². The van der Waals surface area contributed by atoms with Gasteiger partial charge in [-0.15, -0.1) is 0 Å². The minimum Gasteiger partial charge on any atom is -0.487 e. The molecule has 2 aliphatic rings. The van der Waals surface area contributed by atoms with Crippen LogP contribution in [0, 0.1) is 5.92 Å². The number of hydrogen-bond acceptors (Lipinski definition) is 6. The number of ether oxygens (including phenoxy) is 1. The van der Waals surface area contributed by atoms with Gasteiger partial charge in [-0.05, 0) is 30.9 Å². The molecule has 2 atom stereocenters. The van der Waals surface area contributed by atoms with Gasteiger partial charge in [-0.2, -0.15) is 4.31 Å². The number of rotatable bonds is 4. The van der Waals surface area contributed by atoms with Crippen molar-refractivity contribution in [1.29, 1.82) is 0 Å².